The first kappa shape index (κ1) is 16.0. The van der Waals surface area contributed by atoms with Gasteiger partial charge in [-0.1, -0.05) is 36.2 Å². The van der Waals surface area contributed by atoms with Crippen molar-refractivity contribution in [2.24, 2.45) is 0 Å². The molecule has 2 aromatic rings. The summed E-state index contributed by atoms with van der Waals surface area (Å²) in [4.78, 5) is 0. The Balaban J connectivity index is 2.18. The van der Waals surface area contributed by atoms with Crippen LogP contribution in [0, 0.1) is 16.7 Å². The average molecular weight is 399 g/mol. The molecule has 1 unspecified atom stereocenters. The Hall–Kier alpha value is -0.390. The molecule has 0 spiro atoms. The van der Waals surface area contributed by atoms with Crippen LogP contribution in [0.1, 0.15) is 41.6 Å². The summed E-state index contributed by atoms with van der Waals surface area (Å²) in [6.45, 7) is 7.65. The first-order valence-electron chi connectivity index (χ1n) is 7.13. The number of hydrogen-bond acceptors (Lipinski definition) is 2. The van der Waals surface area contributed by atoms with Gasteiger partial charge in [0.05, 0.1) is 2.88 Å². The summed E-state index contributed by atoms with van der Waals surface area (Å²) in [7, 11) is 0. The van der Waals surface area contributed by atoms with Gasteiger partial charge in [-0.2, -0.15) is 0 Å². The molecule has 0 bridgehead atoms. The molecule has 0 aliphatic carbocycles. The maximum atomic E-state index is 3.69. The van der Waals surface area contributed by atoms with E-state index in [2.05, 4.69) is 78.3 Å². The fourth-order valence-electron chi connectivity index (χ4n) is 2.56. The molecule has 1 aromatic heterocycles. The van der Waals surface area contributed by atoms with Gasteiger partial charge in [-0.05, 0) is 78.4 Å². The van der Waals surface area contributed by atoms with Crippen LogP contribution in [-0.2, 0) is 6.42 Å². The summed E-state index contributed by atoms with van der Waals surface area (Å²) in [6.07, 6.45) is 2.24. The van der Waals surface area contributed by atoms with Gasteiger partial charge in [0.15, 0.2) is 0 Å². The van der Waals surface area contributed by atoms with E-state index in [1.165, 1.54) is 31.6 Å². The number of hydrogen-bond donors (Lipinski definition) is 1. The second kappa shape index (κ2) is 7.57. The lowest BCUT2D eigenvalue weighted by Crippen LogP contribution is -2.23. The lowest BCUT2D eigenvalue weighted by molar-refractivity contribution is 0.530. The Labute approximate surface area is 139 Å². The molecule has 1 N–H and O–H groups in total. The van der Waals surface area contributed by atoms with Crippen molar-refractivity contribution in [3.05, 3.63) is 54.8 Å². The van der Waals surface area contributed by atoms with Gasteiger partial charge >= 0.3 is 0 Å². The van der Waals surface area contributed by atoms with Crippen LogP contribution in [0.3, 0.4) is 0 Å². The van der Waals surface area contributed by atoms with Crippen molar-refractivity contribution >= 4 is 33.9 Å². The fraction of sp³-hybridized carbons (Fsp3) is 0.412. The van der Waals surface area contributed by atoms with Gasteiger partial charge in [0, 0.05) is 6.04 Å². The van der Waals surface area contributed by atoms with E-state index in [9.17, 15) is 0 Å². The van der Waals surface area contributed by atoms with Crippen molar-refractivity contribution in [3.63, 3.8) is 0 Å². The third-order valence-corrected chi connectivity index (χ3v) is 5.16. The molecular formula is C17H22INS. The molecule has 1 aromatic carbocycles. The predicted octanol–water partition coefficient (Wildman–Crippen LogP) is 5.25. The van der Waals surface area contributed by atoms with Crippen LogP contribution < -0.4 is 5.32 Å². The minimum absolute atomic E-state index is 0.427. The van der Waals surface area contributed by atoms with E-state index in [1.807, 2.05) is 11.3 Å². The van der Waals surface area contributed by atoms with Gasteiger partial charge in [0.25, 0.3) is 0 Å². The normalized spacial score (nSPS) is 12.6. The Kier molecular flexibility index (Phi) is 6.05. The SMILES string of the molecule is CCCNC(Cc1cc(C)cc(C)c1)c1csc(I)c1. The van der Waals surface area contributed by atoms with Crippen molar-refractivity contribution in [3.8, 4) is 0 Å². The molecule has 1 heterocycles. The number of thiophene rings is 1. The van der Waals surface area contributed by atoms with Crippen LogP contribution in [0.4, 0.5) is 0 Å². The molecule has 0 aliphatic rings. The Morgan fingerprint density at radius 2 is 1.85 bits per heavy atom. The summed E-state index contributed by atoms with van der Waals surface area (Å²) in [5.74, 6) is 0. The lowest BCUT2D eigenvalue weighted by atomic mass is 9.98. The highest BCUT2D eigenvalue weighted by Crippen LogP contribution is 2.25. The lowest BCUT2D eigenvalue weighted by Gasteiger charge is -2.18. The Morgan fingerprint density at radius 1 is 1.15 bits per heavy atom. The molecule has 0 aliphatic heterocycles. The topological polar surface area (TPSA) is 12.0 Å². The van der Waals surface area contributed by atoms with E-state index in [-0.39, 0.29) is 0 Å². The standard InChI is InChI=1S/C17H22INS/c1-4-5-19-16(15-10-17(18)20-11-15)9-14-7-12(2)6-13(3)8-14/h6-8,10-11,16,19H,4-5,9H2,1-3H3. The summed E-state index contributed by atoms with van der Waals surface area (Å²) in [5.41, 5.74) is 5.56. The third kappa shape index (κ3) is 4.57. The first-order valence-corrected chi connectivity index (χ1v) is 9.09. The van der Waals surface area contributed by atoms with E-state index < -0.39 is 0 Å². The number of rotatable bonds is 6. The van der Waals surface area contributed by atoms with Crippen LogP contribution in [0.2, 0.25) is 0 Å². The number of benzene rings is 1. The highest BCUT2D eigenvalue weighted by atomic mass is 127. The zero-order valence-corrected chi connectivity index (χ0v) is 15.3. The monoisotopic (exact) mass is 399 g/mol. The van der Waals surface area contributed by atoms with E-state index >= 15 is 0 Å². The van der Waals surface area contributed by atoms with Crippen molar-refractivity contribution in [2.45, 2.75) is 39.7 Å². The van der Waals surface area contributed by atoms with Crippen molar-refractivity contribution < 1.29 is 0 Å². The smallest absolute Gasteiger partial charge is 0.0656 e. The zero-order valence-electron chi connectivity index (χ0n) is 12.4. The minimum atomic E-state index is 0.427. The Morgan fingerprint density at radius 3 is 2.40 bits per heavy atom. The van der Waals surface area contributed by atoms with E-state index in [0.717, 1.165) is 13.0 Å². The van der Waals surface area contributed by atoms with Gasteiger partial charge < -0.3 is 5.32 Å². The van der Waals surface area contributed by atoms with Crippen molar-refractivity contribution in [2.75, 3.05) is 6.54 Å². The Bertz CT molecular complexity index is 542. The maximum absolute atomic E-state index is 3.69. The fourth-order valence-corrected chi connectivity index (χ4v) is 3.98. The molecule has 108 valence electrons. The van der Waals surface area contributed by atoms with Gasteiger partial charge in [0.2, 0.25) is 0 Å². The molecule has 3 heteroatoms. The molecule has 0 fully saturated rings. The maximum Gasteiger partial charge on any atom is 0.0656 e. The third-order valence-electron chi connectivity index (χ3n) is 3.35. The molecule has 0 saturated heterocycles. The summed E-state index contributed by atoms with van der Waals surface area (Å²) < 4.78 is 1.36. The average Bonchev–Trinajstić information content (AvgIpc) is 2.80. The molecule has 0 saturated carbocycles. The molecule has 0 amide bonds. The molecule has 1 atom stereocenters. The van der Waals surface area contributed by atoms with E-state index in [4.69, 9.17) is 0 Å². The van der Waals surface area contributed by atoms with Crippen LogP contribution in [0.15, 0.2) is 29.6 Å². The summed E-state index contributed by atoms with van der Waals surface area (Å²) in [6, 6.07) is 9.60. The summed E-state index contributed by atoms with van der Waals surface area (Å²) >= 11 is 4.23. The summed E-state index contributed by atoms with van der Waals surface area (Å²) in [5, 5.41) is 5.98. The highest BCUT2D eigenvalue weighted by Gasteiger charge is 2.13. The zero-order chi connectivity index (χ0) is 14.5. The van der Waals surface area contributed by atoms with Gasteiger partial charge in [-0.15, -0.1) is 11.3 Å². The van der Waals surface area contributed by atoms with Crippen LogP contribution in [-0.4, -0.2) is 6.54 Å². The largest absolute Gasteiger partial charge is 0.310 e. The van der Waals surface area contributed by atoms with Crippen molar-refractivity contribution in [1.82, 2.24) is 5.32 Å². The highest BCUT2D eigenvalue weighted by molar-refractivity contribution is 14.1. The van der Waals surface area contributed by atoms with Crippen LogP contribution >= 0.6 is 33.9 Å². The van der Waals surface area contributed by atoms with Gasteiger partial charge in [-0.3, -0.25) is 0 Å². The molecule has 0 radical (unpaired) electrons. The van der Waals surface area contributed by atoms with E-state index in [0.29, 0.717) is 6.04 Å². The van der Waals surface area contributed by atoms with E-state index in [1.54, 1.807) is 0 Å². The van der Waals surface area contributed by atoms with Gasteiger partial charge in [0.1, 0.15) is 0 Å². The molecule has 20 heavy (non-hydrogen) atoms. The number of halogens is 1. The molecule has 2 rings (SSSR count). The molecule has 1 nitrogen and oxygen atoms in total. The number of aryl methyl sites for hydroxylation is 2. The second-order valence-electron chi connectivity index (χ2n) is 5.39. The van der Waals surface area contributed by atoms with Crippen LogP contribution in [0.5, 0.6) is 0 Å². The van der Waals surface area contributed by atoms with Gasteiger partial charge in [-0.25, -0.2) is 0 Å². The minimum Gasteiger partial charge on any atom is -0.310 e. The van der Waals surface area contributed by atoms with Crippen LogP contribution in [0.25, 0.3) is 0 Å². The number of nitrogens with one attached hydrogen (secondary N) is 1. The quantitative estimate of drug-likeness (QED) is 0.654. The predicted molar refractivity (Wildman–Crippen MR) is 97.7 cm³/mol. The first-order chi connectivity index (χ1) is 9.58. The second-order valence-corrected chi connectivity index (χ2v) is 8.20. The molecular weight excluding hydrogens is 377 g/mol. The van der Waals surface area contributed by atoms with Crippen molar-refractivity contribution in [1.29, 1.82) is 0 Å².